The van der Waals surface area contributed by atoms with Gasteiger partial charge in [-0.1, -0.05) is 74.0 Å². The van der Waals surface area contributed by atoms with Crippen molar-refractivity contribution in [2.24, 2.45) is 67.6 Å². The number of carboxylic acids is 1. The predicted molar refractivity (Wildman–Crippen MR) is 204 cm³/mol. The van der Waals surface area contributed by atoms with Crippen LogP contribution in [0.2, 0.25) is 0 Å². The average Bonchev–Trinajstić information content (AvgIpc) is 3.80. The number of nitrogens with zero attached hydrogens (tertiary/aromatic N) is 4. The number of fused-ring (bicyclic) bond motifs is 3. The second-order valence-corrected chi connectivity index (χ2v) is 19.9. The number of aliphatic imine (C=N–C) groups is 1. The van der Waals surface area contributed by atoms with Crippen LogP contribution in [0.3, 0.4) is 0 Å². The van der Waals surface area contributed by atoms with E-state index < -0.39 is 11.9 Å². The zero-order valence-corrected chi connectivity index (χ0v) is 34.0. The first-order valence-electron chi connectivity index (χ1n) is 20.4. The number of hydrogen-bond acceptors (Lipinski definition) is 8. The molecule has 4 aliphatic carbocycles. The number of aliphatic carboxylic acids is 1. The Kier molecular flexibility index (Phi) is 9.42. The van der Waals surface area contributed by atoms with Crippen molar-refractivity contribution >= 4 is 11.8 Å². The summed E-state index contributed by atoms with van der Waals surface area (Å²) < 4.78 is 16.2. The Morgan fingerprint density at radius 3 is 2.52 bits per heavy atom. The molecule has 1 saturated heterocycles. The quantitative estimate of drug-likeness (QED) is 0.226. The van der Waals surface area contributed by atoms with Crippen LogP contribution < -0.4 is 10.6 Å². The average molecular weight is 721 g/mol. The topological polar surface area (TPSA) is 123 Å². The Labute approximate surface area is 312 Å². The fourth-order valence-electron chi connectivity index (χ4n) is 13.1. The van der Waals surface area contributed by atoms with Crippen LogP contribution >= 0.6 is 0 Å². The van der Waals surface area contributed by atoms with Crippen LogP contribution in [0, 0.1) is 62.6 Å². The number of amidine groups is 1. The number of nitrogens with one attached hydrogen (secondary N) is 2. The molecule has 0 radical (unpaired) electrons. The summed E-state index contributed by atoms with van der Waals surface area (Å²) in [6.07, 6.45) is 9.86. The summed E-state index contributed by atoms with van der Waals surface area (Å²) in [4.78, 5) is 23.1. The van der Waals surface area contributed by atoms with Gasteiger partial charge in [-0.15, -0.1) is 0 Å². The van der Waals surface area contributed by atoms with Gasteiger partial charge in [-0.3, -0.25) is 9.79 Å². The summed E-state index contributed by atoms with van der Waals surface area (Å²) in [6.45, 7) is 26.5. The summed E-state index contributed by atoms with van der Waals surface area (Å²) >= 11 is 0. The Morgan fingerprint density at radius 1 is 1.13 bits per heavy atom. The first-order valence-corrected chi connectivity index (χ1v) is 20.4. The molecule has 52 heavy (non-hydrogen) atoms. The molecule has 7 rings (SSSR count). The van der Waals surface area contributed by atoms with E-state index in [1.807, 2.05) is 7.05 Å². The monoisotopic (exact) mass is 721 g/mol. The van der Waals surface area contributed by atoms with Gasteiger partial charge < -0.3 is 25.2 Å². The van der Waals surface area contributed by atoms with Crippen LogP contribution in [0.1, 0.15) is 120 Å². The number of aromatic nitrogens is 3. The number of carboxylic acid groups (broad SMARTS) is 1. The van der Waals surface area contributed by atoms with Crippen LogP contribution in [0.15, 0.2) is 23.0 Å². The van der Waals surface area contributed by atoms with Crippen molar-refractivity contribution in [3.63, 3.8) is 0 Å². The first-order chi connectivity index (χ1) is 24.4. The number of likely N-dealkylation sites (N-methyl/N-ethyl adjacent to an activating group) is 1. The summed E-state index contributed by atoms with van der Waals surface area (Å²) in [5, 5.41) is 23.1. The van der Waals surface area contributed by atoms with Crippen molar-refractivity contribution in [2.45, 2.75) is 125 Å². The van der Waals surface area contributed by atoms with Gasteiger partial charge in [0.25, 0.3) is 0 Å². The van der Waals surface area contributed by atoms with Gasteiger partial charge in [-0.25, -0.2) is 9.67 Å². The number of hydrogen-bond donors (Lipinski definition) is 3. The molecule has 1 aromatic rings. The molecule has 290 valence electrons. The highest BCUT2D eigenvalue weighted by atomic mass is 16.5. The van der Waals surface area contributed by atoms with Crippen molar-refractivity contribution in [1.29, 1.82) is 0 Å². The maximum Gasteiger partial charge on any atom is 0.307 e. The Morgan fingerprint density at radius 2 is 1.88 bits per heavy atom. The number of rotatable bonds is 10. The van der Waals surface area contributed by atoms with Gasteiger partial charge in [0.05, 0.1) is 44.4 Å². The first kappa shape index (κ1) is 38.0. The van der Waals surface area contributed by atoms with Crippen LogP contribution in [0.25, 0.3) is 0 Å². The summed E-state index contributed by atoms with van der Waals surface area (Å²) in [5.74, 6) is 2.37. The van der Waals surface area contributed by atoms with E-state index in [0.717, 1.165) is 63.3 Å². The Bertz CT molecular complexity index is 1610. The minimum absolute atomic E-state index is 0.0740. The van der Waals surface area contributed by atoms with E-state index in [9.17, 15) is 9.90 Å². The smallest absolute Gasteiger partial charge is 0.307 e. The number of allylic oxidation sites excluding steroid dienone is 1. The minimum Gasteiger partial charge on any atom is -0.481 e. The highest BCUT2D eigenvalue weighted by molar-refractivity contribution is 5.96. The molecule has 2 bridgehead atoms. The van der Waals surface area contributed by atoms with Gasteiger partial charge in [0.1, 0.15) is 6.33 Å². The number of carbonyl (C=O) groups is 1. The predicted octanol–water partition coefficient (Wildman–Crippen LogP) is 6.78. The molecule has 0 amide bonds. The molecule has 3 N–H and O–H groups in total. The third kappa shape index (κ3) is 5.18. The van der Waals surface area contributed by atoms with Gasteiger partial charge in [0.15, 0.2) is 11.7 Å². The molecule has 12 atom stereocenters. The Hall–Kier alpha value is -2.30. The fraction of sp³-hybridized carbons (Fsp3) is 0.857. The van der Waals surface area contributed by atoms with E-state index in [2.05, 4.69) is 90.6 Å². The summed E-state index contributed by atoms with van der Waals surface area (Å²) in [5.41, 5.74) is 0.108. The molecule has 3 saturated carbocycles. The minimum atomic E-state index is -0.615. The summed E-state index contributed by atoms with van der Waals surface area (Å²) in [6, 6.07) is -0.0740. The van der Waals surface area contributed by atoms with Crippen molar-refractivity contribution in [1.82, 2.24) is 25.4 Å². The maximum atomic E-state index is 13.6. The lowest BCUT2D eigenvalue weighted by atomic mass is 9.34. The van der Waals surface area contributed by atoms with Crippen molar-refractivity contribution in [3.8, 4) is 0 Å². The zero-order chi connectivity index (χ0) is 37.6. The van der Waals surface area contributed by atoms with Gasteiger partial charge >= 0.3 is 5.97 Å². The van der Waals surface area contributed by atoms with E-state index in [0.29, 0.717) is 49.4 Å². The van der Waals surface area contributed by atoms with Crippen molar-refractivity contribution in [3.05, 3.63) is 23.8 Å². The van der Waals surface area contributed by atoms with Gasteiger partial charge in [0, 0.05) is 22.9 Å². The van der Waals surface area contributed by atoms with E-state index in [1.165, 1.54) is 5.57 Å². The van der Waals surface area contributed by atoms with E-state index in [1.54, 1.807) is 6.33 Å². The van der Waals surface area contributed by atoms with Crippen molar-refractivity contribution in [2.75, 3.05) is 40.0 Å². The molecule has 10 heteroatoms. The standard InChI is InChI=1S/C42H68N6O4/c1-25(2)27(5)37(6)16-17-39(8)28-12-13-31-38(7)21-51-23-42(31,29(28)14-15-40(39,9)32(37)36(49)50)20-30(33(38)52-22-41(10,43-11)26(3)4)48-35(46-24-47-48)34-44-18-19-45-34/h14,24-28,30-33,43H,12-13,15-23H2,1-11H3,(H,44,45)(H,49,50)/t27-,28+,30-,31+,32-,33+,37-,38-,39-,40+,41+,42+/m1/s1. The second kappa shape index (κ2) is 12.9. The van der Waals surface area contributed by atoms with Gasteiger partial charge in [-0.05, 0) is 98.3 Å². The molecule has 0 unspecified atom stereocenters. The number of ether oxygens (including phenoxy) is 2. The summed E-state index contributed by atoms with van der Waals surface area (Å²) in [7, 11) is 2.04. The van der Waals surface area contributed by atoms with Crippen LogP contribution in [0.4, 0.5) is 0 Å². The highest BCUT2D eigenvalue weighted by Crippen LogP contribution is 2.75. The molecule has 3 heterocycles. The SMILES string of the molecule is CN[C@@](C)(CO[C@H]1[C@H](n2ncnc2C2=NCCN2)C[C@@]23COC[C@]1(C)[C@@H]2CC[C@H]1C3=CC[C@@]2(C)[C@H](C(=O)O)[C@@](C)([C@H](C)C(C)C)CC[C@]12C)C(C)C. The van der Waals surface area contributed by atoms with Gasteiger partial charge in [0.2, 0.25) is 0 Å². The van der Waals surface area contributed by atoms with Crippen LogP contribution in [-0.2, 0) is 14.3 Å². The van der Waals surface area contributed by atoms with E-state index in [4.69, 9.17) is 24.5 Å². The van der Waals surface area contributed by atoms with Crippen molar-refractivity contribution < 1.29 is 19.4 Å². The maximum absolute atomic E-state index is 13.6. The zero-order valence-electron chi connectivity index (χ0n) is 34.0. The largest absolute Gasteiger partial charge is 0.481 e. The molecule has 1 aromatic heterocycles. The second-order valence-electron chi connectivity index (χ2n) is 19.9. The van der Waals surface area contributed by atoms with E-state index >= 15 is 0 Å². The molecule has 0 spiro atoms. The molecule has 10 nitrogen and oxygen atoms in total. The van der Waals surface area contributed by atoms with Gasteiger partial charge in [-0.2, -0.15) is 5.10 Å². The van der Waals surface area contributed by atoms with E-state index in [-0.39, 0.29) is 44.8 Å². The normalized spacial score (nSPS) is 43.1. The fourth-order valence-corrected chi connectivity index (χ4v) is 13.1. The lowest BCUT2D eigenvalue weighted by Gasteiger charge is -2.71. The molecular formula is C42H68N6O4. The highest BCUT2D eigenvalue weighted by Gasteiger charge is 2.72. The lowest BCUT2D eigenvalue weighted by Crippen LogP contribution is -2.69. The molecule has 0 aromatic carbocycles. The van der Waals surface area contributed by atoms with Crippen LogP contribution in [-0.4, -0.2) is 83.3 Å². The molecule has 2 aliphatic heterocycles. The third-order valence-electron chi connectivity index (χ3n) is 17.3. The Balaban J connectivity index is 1.34. The third-order valence-corrected chi connectivity index (χ3v) is 17.3. The lowest BCUT2D eigenvalue weighted by molar-refractivity contribution is -0.253. The van der Waals surface area contributed by atoms with Crippen LogP contribution in [0.5, 0.6) is 0 Å². The molecule has 4 fully saturated rings. The molecular weight excluding hydrogens is 653 g/mol. The molecule has 6 aliphatic rings.